The van der Waals surface area contributed by atoms with Crippen LogP contribution in [0, 0.1) is 13.8 Å². The van der Waals surface area contributed by atoms with E-state index in [1.807, 2.05) is 6.33 Å². The molecule has 0 aliphatic heterocycles. The van der Waals surface area contributed by atoms with Gasteiger partial charge in [0, 0.05) is 5.56 Å². The molecule has 0 radical (unpaired) electrons. The average Bonchev–Trinajstić information content (AvgIpc) is 3.05. The van der Waals surface area contributed by atoms with E-state index in [-0.39, 0.29) is 10.8 Å². The highest BCUT2D eigenvalue weighted by Gasteiger charge is 2.44. The van der Waals surface area contributed by atoms with E-state index in [0.29, 0.717) is 0 Å². The number of rotatable bonds is 1. The molecule has 2 nitrogen and oxygen atoms in total. The Hall–Kier alpha value is -3.52. The molecule has 0 N–H and O–H groups in total. The molecule has 0 fully saturated rings. The van der Waals surface area contributed by atoms with Crippen LogP contribution in [0.3, 0.4) is 0 Å². The summed E-state index contributed by atoms with van der Waals surface area (Å²) >= 11 is 0. The van der Waals surface area contributed by atoms with E-state index in [1.54, 1.807) is 0 Å². The minimum Gasteiger partial charge on any atom is -0.232 e. The fourth-order valence-electron chi connectivity index (χ4n) is 6.16. The van der Waals surface area contributed by atoms with Crippen molar-refractivity contribution in [3.8, 4) is 22.4 Å². The number of hydrogen-bond acceptors (Lipinski definition) is 1. The van der Waals surface area contributed by atoms with Crippen molar-refractivity contribution in [2.24, 2.45) is 7.05 Å². The SMILES string of the molecule is Cc1cc2ccc3c(c2cc1C)C(C)(C)c1nc[n+](C)c(-c2cccc4cc(C(C)(C)C)ccc24)c1-3. The second kappa shape index (κ2) is 7.49. The fraction of sp³-hybridized carbons (Fsp3) is 0.294. The molecule has 0 atom stereocenters. The van der Waals surface area contributed by atoms with Crippen LogP contribution in [-0.4, -0.2) is 4.98 Å². The smallest absolute Gasteiger partial charge is 0.232 e. The van der Waals surface area contributed by atoms with Gasteiger partial charge >= 0.3 is 0 Å². The van der Waals surface area contributed by atoms with Gasteiger partial charge in [0.05, 0.1) is 18.0 Å². The van der Waals surface area contributed by atoms with Crippen LogP contribution in [0.4, 0.5) is 0 Å². The van der Waals surface area contributed by atoms with Crippen molar-refractivity contribution < 1.29 is 4.57 Å². The Balaban J connectivity index is 1.69. The molecular weight excluding hydrogens is 436 g/mol. The number of aromatic nitrogens is 2. The van der Waals surface area contributed by atoms with Crippen molar-refractivity contribution in [2.45, 2.75) is 59.3 Å². The summed E-state index contributed by atoms with van der Waals surface area (Å²) in [4.78, 5) is 5.05. The summed E-state index contributed by atoms with van der Waals surface area (Å²) in [6, 6.07) is 23.0. The zero-order valence-corrected chi connectivity index (χ0v) is 22.7. The number of fused-ring (bicyclic) bond motifs is 6. The largest absolute Gasteiger partial charge is 0.286 e. The first-order chi connectivity index (χ1) is 17.0. The van der Waals surface area contributed by atoms with Gasteiger partial charge in [0.25, 0.3) is 6.33 Å². The second-order valence-electron chi connectivity index (χ2n) is 12.2. The van der Waals surface area contributed by atoms with Gasteiger partial charge in [0.1, 0.15) is 5.69 Å². The molecule has 0 bridgehead atoms. The zero-order valence-electron chi connectivity index (χ0n) is 22.7. The summed E-state index contributed by atoms with van der Waals surface area (Å²) in [5.41, 5.74) is 11.6. The van der Waals surface area contributed by atoms with Crippen LogP contribution >= 0.6 is 0 Å². The molecule has 0 amide bonds. The minimum absolute atomic E-state index is 0.118. The predicted octanol–water partition coefficient (Wildman–Crippen LogP) is 8.10. The van der Waals surface area contributed by atoms with Gasteiger partial charge in [-0.1, -0.05) is 86.4 Å². The van der Waals surface area contributed by atoms with Crippen LogP contribution in [0.1, 0.15) is 62.6 Å². The molecule has 180 valence electrons. The van der Waals surface area contributed by atoms with E-state index < -0.39 is 0 Å². The maximum absolute atomic E-state index is 5.05. The summed E-state index contributed by atoms with van der Waals surface area (Å²) in [5, 5.41) is 5.23. The van der Waals surface area contributed by atoms with Crippen LogP contribution in [0.5, 0.6) is 0 Å². The molecule has 2 heteroatoms. The lowest BCUT2D eigenvalue weighted by molar-refractivity contribution is -0.663. The van der Waals surface area contributed by atoms with Crippen molar-refractivity contribution >= 4 is 21.5 Å². The molecule has 0 saturated heterocycles. The number of aryl methyl sites for hydroxylation is 3. The molecule has 4 aromatic carbocycles. The highest BCUT2D eigenvalue weighted by Crippen LogP contribution is 2.53. The van der Waals surface area contributed by atoms with E-state index in [4.69, 9.17) is 4.98 Å². The Bertz CT molecular complexity index is 1710. The lowest BCUT2D eigenvalue weighted by Crippen LogP contribution is -2.33. The third-order valence-corrected chi connectivity index (χ3v) is 8.31. The highest BCUT2D eigenvalue weighted by molar-refractivity contribution is 6.04. The molecule has 1 aliphatic rings. The van der Waals surface area contributed by atoms with E-state index in [9.17, 15) is 0 Å². The van der Waals surface area contributed by atoms with Gasteiger partial charge in [-0.3, -0.25) is 0 Å². The van der Waals surface area contributed by atoms with Crippen LogP contribution in [0.15, 0.2) is 67.0 Å². The van der Waals surface area contributed by atoms with E-state index in [1.165, 1.54) is 71.9 Å². The average molecular weight is 472 g/mol. The van der Waals surface area contributed by atoms with Gasteiger partial charge < -0.3 is 0 Å². The molecule has 1 heterocycles. The van der Waals surface area contributed by atoms with Gasteiger partial charge in [-0.2, -0.15) is 0 Å². The highest BCUT2D eigenvalue weighted by atomic mass is 15.0. The van der Waals surface area contributed by atoms with Crippen LogP contribution in [0.2, 0.25) is 0 Å². The second-order valence-corrected chi connectivity index (χ2v) is 12.2. The first kappa shape index (κ1) is 22.9. The van der Waals surface area contributed by atoms with E-state index in [2.05, 4.69) is 121 Å². The Morgan fingerprint density at radius 1 is 0.778 bits per heavy atom. The third-order valence-electron chi connectivity index (χ3n) is 8.31. The Morgan fingerprint density at radius 2 is 1.50 bits per heavy atom. The molecule has 0 unspecified atom stereocenters. The lowest BCUT2D eigenvalue weighted by atomic mass is 9.82. The molecule has 6 rings (SSSR count). The number of hydrogen-bond donors (Lipinski definition) is 0. The van der Waals surface area contributed by atoms with Crippen LogP contribution in [0.25, 0.3) is 43.9 Å². The summed E-state index contributed by atoms with van der Waals surface area (Å²) in [7, 11) is 2.13. The van der Waals surface area contributed by atoms with E-state index in [0.717, 1.165) is 0 Å². The monoisotopic (exact) mass is 471 g/mol. The van der Waals surface area contributed by atoms with Gasteiger partial charge in [-0.15, -0.1) is 0 Å². The fourth-order valence-corrected chi connectivity index (χ4v) is 6.16. The first-order valence-electron chi connectivity index (χ1n) is 13.0. The third kappa shape index (κ3) is 3.17. The van der Waals surface area contributed by atoms with Gasteiger partial charge in [0.2, 0.25) is 0 Å². The van der Waals surface area contributed by atoms with Gasteiger partial charge in [0.15, 0.2) is 5.69 Å². The Kier molecular flexibility index (Phi) is 4.77. The maximum Gasteiger partial charge on any atom is 0.286 e. The minimum atomic E-state index is -0.182. The first-order valence-corrected chi connectivity index (χ1v) is 13.0. The maximum atomic E-state index is 5.05. The molecule has 0 spiro atoms. The van der Waals surface area contributed by atoms with Gasteiger partial charge in [-0.25, -0.2) is 4.57 Å². The van der Waals surface area contributed by atoms with Crippen molar-refractivity contribution in [1.82, 2.24) is 4.98 Å². The topological polar surface area (TPSA) is 16.8 Å². The number of nitrogens with zero attached hydrogens (tertiary/aromatic N) is 2. The normalized spacial score (nSPS) is 14.3. The van der Waals surface area contributed by atoms with E-state index >= 15 is 0 Å². The Morgan fingerprint density at radius 3 is 2.25 bits per heavy atom. The van der Waals surface area contributed by atoms with Crippen molar-refractivity contribution in [2.75, 3.05) is 0 Å². The summed E-state index contributed by atoms with van der Waals surface area (Å²) < 4.78 is 2.21. The molecule has 5 aromatic rings. The predicted molar refractivity (Wildman–Crippen MR) is 152 cm³/mol. The lowest BCUT2D eigenvalue weighted by Gasteiger charge is -2.20. The van der Waals surface area contributed by atoms with Gasteiger partial charge in [-0.05, 0) is 82.5 Å². The summed E-state index contributed by atoms with van der Waals surface area (Å²) in [6.45, 7) is 15.9. The molecule has 1 aromatic heterocycles. The van der Waals surface area contributed by atoms with Crippen LogP contribution < -0.4 is 4.57 Å². The van der Waals surface area contributed by atoms with Crippen molar-refractivity contribution in [3.63, 3.8) is 0 Å². The van der Waals surface area contributed by atoms with Crippen LogP contribution in [-0.2, 0) is 17.9 Å². The molecule has 1 aliphatic carbocycles. The summed E-state index contributed by atoms with van der Waals surface area (Å²) in [5.74, 6) is 0. The standard InChI is InChI=1S/C34H35N2/c1-20-16-23-12-14-27-29-31(26-11-9-10-22-18-24(33(3,4)5)13-15-25(22)26)36(8)19-35-32(29)34(6,7)30(27)28(23)17-21(20)2/h9-19H,1-8H3/q+1. The zero-order chi connectivity index (χ0) is 25.6. The summed E-state index contributed by atoms with van der Waals surface area (Å²) in [6.07, 6.45) is 2.00. The molecule has 36 heavy (non-hydrogen) atoms. The van der Waals surface area contributed by atoms with Crippen molar-refractivity contribution in [1.29, 1.82) is 0 Å². The number of benzene rings is 4. The quantitative estimate of drug-likeness (QED) is 0.226. The van der Waals surface area contributed by atoms with Crippen molar-refractivity contribution in [3.05, 3.63) is 94.9 Å². The Labute approximate surface area is 214 Å². The molecule has 0 saturated carbocycles. The molecular formula is C34H35N2+.